The maximum atomic E-state index is 12.4. The van der Waals surface area contributed by atoms with Crippen LogP contribution in [0.1, 0.15) is 10.4 Å². The first-order chi connectivity index (χ1) is 16.0. The third-order valence-electron chi connectivity index (χ3n) is 4.20. The Hall–Kier alpha value is -3.93. The van der Waals surface area contributed by atoms with Gasteiger partial charge in [0, 0.05) is 5.69 Å². The molecule has 0 saturated carbocycles. The fraction of sp³-hybridized carbons (Fsp3) is 0.136. The zero-order valence-electron chi connectivity index (χ0n) is 17.3. The maximum absolute atomic E-state index is 12.4. The van der Waals surface area contributed by atoms with E-state index in [2.05, 4.69) is 9.46 Å². The number of nitrogens with one attached hydrogen (secondary N) is 1. The van der Waals surface area contributed by atoms with Crippen molar-refractivity contribution in [3.05, 3.63) is 78.4 Å². The van der Waals surface area contributed by atoms with Crippen molar-refractivity contribution < 1.29 is 45.7 Å². The molecule has 0 fully saturated rings. The van der Waals surface area contributed by atoms with Crippen LogP contribution < -0.4 is 18.9 Å². The molecule has 8 nitrogen and oxygen atoms in total. The van der Waals surface area contributed by atoms with Crippen LogP contribution in [0.25, 0.3) is 0 Å². The van der Waals surface area contributed by atoms with Crippen LogP contribution in [-0.2, 0) is 10.0 Å². The molecule has 12 heteroatoms. The number of para-hydroxylation sites is 1. The Kier molecular flexibility index (Phi) is 7.51. The summed E-state index contributed by atoms with van der Waals surface area (Å²) in [6.07, 6.45) is -4.88. The minimum absolute atomic E-state index is 0.0293. The van der Waals surface area contributed by atoms with Gasteiger partial charge in [0.1, 0.15) is 36.0 Å². The van der Waals surface area contributed by atoms with Crippen molar-refractivity contribution >= 4 is 21.7 Å². The van der Waals surface area contributed by atoms with E-state index in [0.29, 0.717) is 5.75 Å². The summed E-state index contributed by atoms with van der Waals surface area (Å²) in [5.74, 6) is -1.03. The number of benzene rings is 3. The smallest absolute Gasteiger partial charge is 0.490 e. The molecule has 3 aromatic rings. The summed E-state index contributed by atoms with van der Waals surface area (Å²) in [5, 5.41) is 9.13. The van der Waals surface area contributed by atoms with Gasteiger partial charge in [-0.1, -0.05) is 12.1 Å². The molecule has 0 atom stereocenters. The van der Waals surface area contributed by atoms with Crippen LogP contribution in [0.3, 0.4) is 0 Å². The first-order valence-corrected chi connectivity index (χ1v) is 11.1. The molecule has 0 amide bonds. The van der Waals surface area contributed by atoms with E-state index < -0.39 is 28.1 Å². The predicted molar refractivity (Wildman–Crippen MR) is 115 cm³/mol. The summed E-state index contributed by atoms with van der Waals surface area (Å²) in [5.41, 5.74) is 0.233. The Labute approximate surface area is 192 Å². The zero-order chi connectivity index (χ0) is 24.8. The van der Waals surface area contributed by atoms with Gasteiger partial charge < -0.3 is 19.3 Å². The molecule has 0 radical (unpaired) electrons. The highest BCUT2D eigenvalue weighted by Gasteiger charge is 2.31. The lowest BCUT2D eigenvalue weighted by Gasteiger charge is -2.12. The minimum Gasteiger partial charge on any atom is -0.490 e. The molecule has 2 N–H and O–H groups in total. The maximum Gasteiger partial charge on any atom is 0.573 e. The number of hydrogen-bond donors (Lipinski definition) is 2. The monoisotopic (exact) mass is 497 g/mol. The standard InChI is InChI=1S/C22H18F3NO7S/c23-22(24,25)33-17-9-11-18(12-10-17)34(29,30)26-15-5-7-16(8-6-15)31-13-14-32-20-4-2-1-3-19(20)21(27)28/h1-12,26H,13-14H2,(H,27,28). The summed E-state index contributed by atoms with van der Waals surface area (Å²) >= 11 is 0. The van der Waals surface area contributed by atoms with Gasteiger partial charge in [-0.3, -0.25) is 4.72 Å². The molecule has 34 heavy (non-hydrogen) atoms. The Balaban J connectivity index is 1.53. The quantitative estimate of drug-likeness (QED) is 0.396. The van der Waals surface area contributed by atoms with E-state index in [1.54, 1.807) is 12.1 Å². The number of halogens is 3. The summed E-state index contributed by atoms with van der Waals surface area (Å²) in [6.45, 7) is 0.179. The lowest BCUT2D eigenvalue weighted by Crippen LogP contribution is -2.17. The topological polar surface area (TPSA) is 111 Å². The third kappa shape index (κ3) is 7.04. The van der Waals surface area contributed by atoms with Crippen molar-refractivity contribution in [1.29, 1.82) is 0 Å². The van der Waals surface area contributed by atoms with Gasteiger partial charge in [-0.25, -0.2) is 13.2 Å². The first-order valence-electron chi connectivity index (χ1n) is 9.60. The number of alkyl halides is 3. The predicted octanol–water partition coefficient (Wildman–Crippen LogP) is 4.54. The highest BCUT2D eigenvalue weighted by molar-refractivity contribution is 7.92. The molecule has 3 aromatic carbocycles. The molecule has 0 aliphatic heterocycles. The van der Waals surface area contributed by atoms with Crippen LogP contribution in [0.4, 0.5) is 18.9 Å². The Morgan fingerprint density at radius 3 is 2.06 bits per heavy atom. The largest absolute Gasteiger partial charge is 0.573 e. The van der Waals surface area contributed by atoms with Crippen molar-refractivity contribution in [2.45, 2.75) is 11.3 Å². The van der Waals surface area contributed by atoms with Gasteiger partial charge in [-0.2, -0.15) is 0 Å². The number of aromatic carboxylic acids is 1. The molecule has 0 aliphatic carbocycles. The Morgan fingerprint density at radius 1 is 0.853 bits per heavy atom. The van der Waals surface area contributed by atoms with Crippen molar-refractivity contribution in [3.8, 4) is 17.2 Å². The van der Waals surface area contributed by atoms with Gasteiger partial charge in [0.15, 0.2) is 0 Å². The van der Waals surface area contributed by atoms with Gasteiger partial charge in [-0.15, -0.1) is 13.2 Å². The van der Waals surface area contributed by atoms with Crippen LogP contribution in [0.2, 0.25) is 0 Å². The van der Waals surface area contributed by atoms with E-state index in [1.165, 1.54) is 36.4 Å². The number of anilines is 1. The summed E-state index contributed by atoms with van der Waals surface area (Å²) in [4.78, 5) is 10.9. The molecule has 0 aliphatic rings. The van der Waals surface area contributed by atoms with E-state index in [1.807, 2.05) is 0 Å². The van der Waals surface area contributed by atoms with Gasteiger partial charge in [0.2, 0.25) is 0 Å². The van der Waals surface area contributed by atoms with E-state index in [-0.39, 0.29) is 35.1 Å². The average Bonchev–Trinajstić information content (AvgIpc) is 2.77. The fourth-order valence-corrected chi connectivity index (χ4v) is 3.79. The van der Waals surface area contributed by atoms with E-state index in [4.69, 9.17) is 14.6 Å². The number of carboxylic acids is 1. The number of ether oxygens (including phenoxy) is 3. The van der Waals surface area contributed by atoms with Crippen molar-refractivity contribution in [2.75, 3.05) is 17.9 Å². The molecule has 180 valence electrons. The molecule has 0 bridgehead atoms. The molecule has 0 unspecified atom stereocenters. The number of hydrogen-bond acceptors (Lipinski definition) is 6. The van der Waals surface area contributed by atoms with E-state index in [9.17, 15) is 26.4 Å². The normalized spacial score (nSPS) is 11.5. The van der Waals surface area contributed by atoms with Gasteiger partial charge in [-0.05, 0) is 60.7 Å². The van der Waals surface area contributed by atoms with Crippen LogP contribution in [0, 0.1) is 0 Å². The highest BCUT2D eigenvalue weighted by Crippen LogP contribution is 2.25. The zero-order valence-corrected chi connectivity index (χ0v) is 18.1. The van der Waals surface area contributed by atoms with Crippen molar-refractivity contribution in [1.82, 2.24) is 0 Å². The fourth-order valence-electron chi connectivity index (χ4n) is 2.73. The van der Waals surface area contributed by atoms with Gasteiger partial charge in [0.05, 0.1) is 4.90 Å². The lowest BCUT2D eigenvalue weighted by atomic mass is 10.2. The molecule has 0 heterocycles. The molecular weight excluding hydrogens is 479 g/mol. The second-order valence-corrected chi connectivity index (χ2v) is 8.33. The Morgan fingerprint density at radius 2 is 1.44 bits per heavy atom. The Bertz CT molecular complexity index is 1230. The van der Waals surface area contributed by atoms with Crippen molar-refractivity contribution in [3.63, 3.8) is 0 Å². The van der Waals surface area contributed by atoms with Crippen LogP contribution >= 0.6 is 0 Å². The summed E-state index contributed by atoms with van der Waals surface area (Å²) in [6, 6.07) is 15.8. The highest BCUT2D eigenvalue weighted by atomic mass is 32.2. The van der Waals surface area contributed by atoms with Gasteiger partial charge in [0.25, 0.3) is 10.0 Å². The minimum atomic E-state index is -4.88. The second kappa shape index (κ2) is 10.3. The second-order valence-electron chi connectivity index (χ2n) is 6.65. The number of rotatable bonds is 10. The van der Waals surface area contributed by atoms with E-state index in [0.717, 1.165) is 24.3 Å². The average molecular weight is 497 g/mol. The number of sulfonamides is 1. The lowest BCUT2D eigenvalue weighted by molar-refractivity contribution is -0.274. The van der Waals surface area contributed by atoms with E-state index >= 15 is 0 Å². The molecular formula is C22H18F3NO7S. The van der Waals surface area contributed by atoms with Gasteiger partial charge >= 0.3 is 12.3 Å². The third-order valence-corrected chi connectivity index (χ3v) is 5.60. The molecule has 3 rings (SSSR count). The van der Waals surface area contributed by atoms with Crippen LogP contribution in [0.15, 0.2) is 77.7 Å². The van der Waals surface area contributed by atoms with Crippen LogP contribution in [-0.4, -0.2) is 39.1 Å². The number of carbonyl (C=O) groups is 1. The SMILES string of the molecule is O=C(O)c1ccccc1OCCOc1ccc(NS(=O)(=O)c2ccc(OC(F)(F)F)cc2)cc1. The van der Waals surface area contributed by atoms with Crippen molar-refractivity contribution in [2.24, 2.45) is 0 Å². The number of carboxylic acid groups (broad SMARTS) is 1. The molecule has 0 spiro atoms. The first kappa shape index (κ1) is 24.7. The summed E-state index contributed by atoms with van der Waals surface area (Å²) < 4.78 is 78.5. The molecule has 0 saturated heterocycles. The van der Waals surface area contributed by atoms with Crippen LogP contribution in [0.5, 0.6) is 17.2 Å². The molecule has 0 aromatic heterocycles. The summed E-state index contributed by atoms with van der Waals surface area (Å²) in [7, 11) is -4.04.